The fourth-order valence-corrected chi connectivity index (χ4v) is 2.49. The van der Waals surface area contributed by atoms with E-state index in [1.165, 1.54) is 6.07 Å². The molecule has 106 valence electrons. The van der Waals surface area contributed by atoms with Gasteiger partial charge >= 0.3 is 0 Å². The predicted molar refractivity (Wildman–Crippen MR) is 84.6 cm³/mol. The van der Waals surface area contributed by atoms with E-state index in [0.717, 1.165) is 21.4 Å². The third kappa shape index (κ3) is 3.57. The Morgan fingerprint density at radius 1 is 1.30 bits per heavy atom. The summed E-state index contributed by atoms with van der Waals surface area (Å²) < 4.78 is 14.3. The van der Waals surface area contributed by atoms with Crippen molar-refractivity contribution in [2.75, 3.05) is 11.9 Å². The maximum Gasteiger partial charge on any atom is 0.128 e. The minimum absolute atomic E-state index is 0.177. The summed E-state index contributed by atoms with van der Waals surface area (Å²) >= 11 is 3.40. The molecule has 20 heavy (non-hydrogen) atoms. The van der Waals surface area contributed by atoms with Gasteiger partial charge in [-0.1, -0.05) is 26.0 Å². The van der Waals surface area contributed by atoms with Crippen molar-refractivity contribution in [1.29, 1.82) is 0 Å². The third-order valence-corrected chi connectivity index (χ3v) is 3.78. The maximum absolute atomic E-state index is 13.3. The fraction of sp³-hybridized carbons (Fsp3) is 0.312. The molecule has 1 aromatic carbocycles. The molecule has 0 unspecified atom stereocenters. The normalized spacial score (nSPS) is 11.4. The molecule has 2 rings (SSSR count). The van der Waals surface area contributed by atoms with Crippen LogP contribution in [0.4, 0.5) is 10.2 Å². The summed E-state index contributed by atoms with van der Waals surface area (Å²) in [5.41, 5.74) is 1.87. The molecule has 1 N–H and O–H groups in total. The van der Waals surface area contributed by atoms with Crippen molar-refractivity contribution in [3.05, 3.63) is 57.9 Å². The van der Waals surface area contributed by atoms with E-state index < -0.39 is 0 Å². The van der Waals surface area contributed by atoms with Crippen LogP contribution in [0.25, 0.3) is 0 Å². The van der Waals surface area contributed by atoms with Crippen LogP contribution in [0.3, 0.4) is 0 Å². The van der Waals surface area contributed by atoms with Crippen LogP contribution < -0.4 is 5.32 Å². The zero-order chi connectivity index (χ0) is 14.8. The number of nitrogens with zero attached hydrogens (tertiary/aromatic N) is 1. The van der Waals surface area contributed by atoms with E-state index in [-0.39, 0.29) is 11.2 Å². The summed E-state index contributed by atoms with van der Waals surface area (Å²) in [5.74, 6) is 0.659. The lowest BCUT2D eigenvalue weighted by Crippen LogP contribution is -2.28. The molecule has 0 atom stereocenters. The number of aromatic nitrogens is 1. The van der Waals surface area contributed by atoms with E-state index >= 15 is 0 Å². The van der Waals surface area contributed by atoms with Crippen molar-refractivity contribution >= 4 is 21.7 Å². The van der Waals surface area contributed by atoms with Crippen LogP contribution in [0, 0.1) is 12.7 Å². The number of rotatable bonds is 4. The Kier molecular flexibility index (Phi) is 4.43. The lowest BCUT2D eigenvalue weighted by Gasteiger charge is -2.26. The monoisotopic (exact) mass is 336 g/mol. The molecule has 2 aromatic rings. The molecule has 0 aliphatic rings. The summed E-state index contributed by atoms with van der Waals surface area (Å²) in [6.07, 6.45) is 1.77. The van der Waals surface area contributed by atoms with Gasteiger partial charge in [-0.2, -0.15) is 0 Å². The van der Waals surface area contributed by atoms with Gasteiger partial charge in [0.2, 0.25) is 0 Å². The van der Waals surface area contributed by atoms with Gasteiger partial charge in [0.25, 0.3) is 0 Å². The van der Waals surface area contributed by atoms with Gasteiger partial charge < -0.3 is 5.32 Å². The first kappa shape index (κ1) is 15.0. The van der Waals surface area contributed by atoms with Crippen molar-refractivity contribution < 1.29 is 4.39 Å². The molecule has 0 aliphatic heterocycles. The minimum Gasteiger partial charge on any atom is -0.369 e. The third-order valence-electron chi connectivity index (χ3n) is 3.35. The highest BCUT2D eigenvalue weighted by Gasteiger charge is 2.21. The Balaban J connectivity index is 2.12. The highest BCUT2D eigenvalue weighted by molar-refractivity contribution is 9.10. The molecular formula is C16H18BrFN2. The molecule has 0 amide bonds. The minimum atomic E-state index is -0.200. The summed E-state index contributed by atoms with van der Waals surface area (Å²) in [7, 11) is 0. The first-order valence-electron chi connectivity index (χ1n) is 6.50. The van der Waals surface area contributed by atoms with E-state index in [1.54, 1.807) is 18.3 Å². The smallest absolute Gasteiger partial charge is 0.128 e. The standard InChI is InChI=1S/C16H18BrFN2/c1-11-7-13(17)9-19-15(11)20-10-16(2,3)12-5-4-6-14(18)8-12/h4-9H,10H2,1-3H3,(H,19,20). The number of halogens is 2. The summed E-state index contributed by atoms with van der Waals surface area (Å²) in [4.78, 5) is 4.36. The number of benzene rings is 1. The van der Waals surface area contributed by atoms with Gasteiger partial charge in [-0.25, -0.2) is 9.37 Å². The van der Waals surface area contributed by atoms with Crippen LogP contribution in [0.2, 0.25) is 0 Å². The average molecular weight is 337 g/mol. The molecule has 4 heteroatoms. The van der Waals surface area contributed by atoms with Crippen LogP contribution in [-0.4, -0.2) is 11.5 Å². The molecule has 0 aliphatic carbocycles. The fourth-order valence-electron chi connectivity index (χ4n) is 2.04. The Morgan fingerprint density at radius 2 is 2.05 bits per heavy atom. The highest BCUT2D eigenvalue weighted by Crippen LogP contribution is 2.25. The summed E-state index contributed by atoms with van der Waals surface area (Å²) in [6, 6.07) is 8.77. The van der Waals surface area contributed by atoms with Gasteiger partial charge in [0, 0.05) is 22.6 Å². The van der Waals surface area contributed by atoms with Crippen molar-refractivity contribution in [2.45, 2.75) is 26.2 Å². The van der Waals surface area contributed by atoms with Crippen molar-refractivity contribution in [3.63, 3.8) is 0 Å². The molecule has 0 radical (unpaired) electrons. The molecule has 0 bridgehead atoms. The second kappa shape index (κ2) is 5.92. The number of hydrogen-bond acceptors (Lipinski definition) is 2. The van der Waals surface area contributed by atoms with Crippen LogP contribution in [0.1, 0.15) is 25.0 Å². The first-order chi connectivity index (χ1) is 9.38. The Bertz CT molecular complexity index is 611. The number of hydrogen-bond donors (Lipinski definition) is 1. The number of pyridine rings is 1. The Morgan fingerprint density at radius 3 is 2.70 bits per heavy atom. The number of nitrogens with one attached hydrogen (secondary N) is 1. The van der Waals surface area contributed by atoms with Gasteiger partial charge in [-0.05, 0) is 52.2 Å². The van der Waals surface area contributed by atoms with E-state index in [9.17, 15) is 4.39 Å². The van der Waals surface area contributed by atoms with E-state index in [0.29, 0.717) is 6.54 Å². The Hall–Kier alpha value is -1.42. The topological polar surface area (TPSA) is 24.9 Å². The molecule has 1 aromatic heterocycles. The molecule has 0 saturated heterocycles. The van der Waals surface area contributed by atoms with E-state index in [1.807, 2.05) is 19.1 Å². The van der Waals surface area contributed by atoms with Gasteiger partial charge in [0.1, 0.15) is 11.6 Å². The summed E-state index contributed by atoms with van der Waals surface area (Å²) in [5, 5.41) is 3.34. The van der Waals surface area contributed by atoms with Gasteiger partial charge in [-0.3, -0.25) is 0 Å². The zero-order valence-corrected chi connectivity index (χ0v) is 13.5. The predicted octanol–water partition coefficient (Wildman–Crippen LogP) is 4.68. The van der Waals surface area contributed by atoms with Crippen molar-refractivity contribution in [1.82, 2.24) is 4.98 Å². The van der Waals surface area contributed by atoms with Crippen molar-refractivity contribution in [2.24, 2.45) is 0 Å². The second-order valence-corrected chi connectivity index (χ2v) is 6.48. The average Bonchev–Trinajstić information content (AvgIpc) is 2.37. The van der Waals surface area contributed by atoms with Crippen LogP contribution >= 0.6 is 15.9 Å². The summed E-state index contributed by atoms with van der Waals surface area (Å²) in [6.45, 7) is 6.87. The van der Waals surface area contributed by atoms with Gasteiger partial charge in [0.05, 0.1) is 0 Å². The lowest BCUT2D eigenvalue weighted by atomic mass is 9.84. The van der Waals surface area contributed by atoms with Gasteiger partial charge in [-0.15, -0.1) is 0 Å². The van der Waals surface area contributed by atoms with Gasteiger partial charge in [0.15, 0.2) is 0 Å². The molecule has 2 nitrogen and oxygen atoms in total. The van der Waals surface area contributed by atoms with Crippen LogP contribution in [0.15, 0.2) is 41.0 Å². The maximum atomic E-state index is 13.3. The SMILES string of the molecule is Cc1cc(Br)cnc1NCC(C)(C)c1cccc(F)c1. The lowest BCUT2D eigenvalue weighted by molar-refractivity contribution is 0.545. The van der Waals surface area contributed by atoms with Crippen LogP contribution in [-0.2, 0) is 5.41 Å². The number of aryl methyl sites for hydroxylation is 1. The molecule has 0 spiro atoms. The van der Waals surface area contributed by atoms with Crippen LogP contribution in [0.5, 0.6) is 0 Å². The second-order valence-electron chi connectivity index (χ2n) is 5.57. The first-order valence-corrected chi connectivity index (χ1v) is 7.30. The largest absolute Gasteiger partial charge is 0.369 e. The quantitative estimate of drug-likeness (QED) is 0.876. The van der Waals surface area contributed by atoms with Crippen molar-refractivity contribution in [3.8, 4) is 0 Å². The molecule has 0 saturated carbocycles. The van der Waals surface area contributed by atoms with E-state index in [4.69, 9.17) is 0 Å². The molecule has 1 heterocycles. The molecule has 0 fully saturated rings. The Labute approximate surface area is 127 Å². The number of anilines is 1. The zero-order valence-electron chi connectivity index (χ0n) is 11.9. The molecular weight excluding hydrogens is 319 g/mol. The highest BCUT2D eigenvalue weighted by atomic mass is 79.9. The van der Waals surface area contributed by atoms with E-state index in [2.05, 4.69) is 40.1 Å².